The minimum absolute atomic E-state index is 0.245. The Morgan fingerprint density at radius 3 is 2.81 bits per heavy atom. The van der Waals surface area contributed by atoms with E-state index in [4.69, 9.17) is 4.74 Å². The van der Waals surface area contributed by atoms with E-state index in [9.17, 15) is 8.78 Å². The van der Waals surface area contributed by atoms with E-state index >= 15 is 0 Å². The molecule has 0 spiro atoms. The van der Waals surface area contributed by atoms with Gasteiger partial charge in [0.2, 0.25) is 0 Å². The molecular formula is C16H21F2NOS. The molecule has 2 heterocycles. The first kappa shape index (κ1) is 16.4. The molecule has 0 saturated carbocycles. The Morgan fingerprint density at radius 1 is 1.33 bits per heavy atom. The van der Waals surface area contributed by atoms with Gasteiger partial charge >= 0.3 is 0 Å². The number of ether oxygens (including phenoxy) is 1. The third-order valence-corrected chi connectivity index (χ3v) is 4.93. The minimum atomic E-state index is -0.675. The fourth-order valence-electron chi connectivity index (χ4n) is 2.89. The van der Waals surface area contributed by atoms with Crippen molar-refractivity contribution in [2.24, 2.45) is 10.9 Å². The molecule has 1 aromatic carbocycles. The highest BCUT2D eigenvalue weighted by Crippen LogP contribution is 2.45. The van der Waals surface area contributed by atoms with Gasteiger partial charge in [0.1, 0.15) is 17.2 Å². The van der Waals surface area contributed by atoms with Crippen molar-refractivity contribution in [3.8, 4) is 0 Å². The largest absolute Gasteiger partial charge is 0.379 e. The van der Waals surface area contributed by atoms with E-state index in [0.29, 0.717) is 18.8 Å². The zero-order valence-corrected chi connectivity index (χ0v) is 13.5. The van der Waals surface area contributed by atoms with Crippen molar-refractivity contribution in [3.63, 3.8) is 0 Å². The molecule has 0 bridgehead atoms. The van der Waals surface area contributed by atoms with Crippen LogP contribution in [0.3, 0.4) is 0 Å². The van der Waals surface area contributed by atoms with E-state index in [2.05, 4.69) is 4.99 Å². The summed E-state index contributed by atoms with van der Waals surface area (Å²) in [5.74, 6) is 0.0702. The Morgan fingerprint density at radius 2 is 2.10 bits per heavy atom. The average Bonchev–Trinajstić information content (AvgIpc) is 2.48. The first-order chi connectivity index (χ1) is 10.1. The summed E-state index contributed by atoms with van der Waals surface area (Å²) in [5, 5.41) is 0.936. The van der Waals surface area contributed by atoms with Crippen LogP contribution in [0.2, 0.25) is 0 Å². The molecule has 2 aliphatic heterocycles. The normalized spacial score (nSPS) is 28.0. The van der Waals surface area contributed by atoms with Crippen LogP contribution in [-0.2, 0) is 10.3 Å². The Labute approximate surface area is 129 Å². The number of benzene rings is 1. The lowest BCUT2D eigenvalue weighted by atomic mass is 9.76. The molecule has 2 nitrogen and oxygen atoms in total. The van der Waals surface area contributed by atoms with Gasteiger partial charge in [-0.25, -0.2) is 8.78 Å². The van der Waals surface area contributed by atoms with E-state index in [1.165, 1.54) is 12.1 Å². The first-order valence-electron chi connectivity index (χ1n) is 7.34. The molecule has 2 unspecified atom stereocenters. The standard InChI is InChI=1S/C14H15F2NOS.C2H6/c1-9-17-14(8-18-5-4-10(14)7-19-9)12-3-2-11(15)6-13(12)16;1-2/h2-3,6,10H,4-5,7-8H2,1H3;1-2H3. The van der Waals surface area contributed by atoms with Gasteiger partial charge in [-0.1, -0.05) is 19.9 Å². The fourth-order valence-corrected chi connectivity index (χ4v) is 4.00. The van der Waals surface area contributed by atoms with Crippen LogP contribution in [0.5, 0.6) is 0 Å². The summed E-state index contributed by atoms with van der Waals surface area (Å²) >= 11 is 1.70. The van der Waals surface area contributed by atoms with Crippen LogP contribution < -0.4 is 0 Å². The number of aliphatic imine (C=N–C) groups is 1. The van der Waals surface area contributed by atoms with Gasteiger partial charge < -0.3 is 4.74 Å². The van der Waals surface area contributed by atoms with Gasteiger partial charge in [0.15, 0.2) is 0 Å². The molecule has 0 amide bonds. The maximum atomic E-state index is 14.2. The third kappa shape index (κ3) is 3.14. The summed E-state index contributed by atoms with van der Waals surface area (Å²) in [6, 6.07) is 3.74. The summed E-state index contributed by atoms with van der Waals surface area (Å²) in [7, 11) is 0. The summed E-state index contributed by atoms with van der Waals surface area (Å²) in [6.45, 7) is 6.99. The second kappa shape index (κ2) is 6.88. The van der Waals surface area contributed by atoms with Crippen molar-refractivity contribution in [1.82, 2.24) is 0 Å². The lowest BCUT2D eigenvalue weighted by Gasteiger charge is -2.44. The molecule has 2 aliphatic rings. The molecule has 5 heteroatoms. The maximum Gasteiger partial charge on any atom is 0.131 e. The molecule has 1 aromatic rings. The second-order valence-electron chi connectivity index (χ2n) is 5.03. The third-order valence-electron chi connectivity index (χ3n) is 3.86. The Kier molecular flexibility index (Phi) is 5.38. The predicted molar refractivity (Wildman–Crippen MR) is 83.9 cm³/mol. The van der Waals surface area contributed by atoms with Crippen LogP contribution in [0.4, 0.5) is 8.78 Å². The highest BCUT2D eigenvalue weighted by atomic mass is 32.2. The van der Waals surface area contributed by atoms with E-state index in [1.54, 1.807) is 11.8 Å². The van der Waals surface area contributed by atoms with E-state index < -0.39 is 17.2 Å². The van der Waals surface area contributed by atoms with Crippen LogP contribution in [-0.4, -0.2) is 24.0 Å². The summed E-state index contributed by atoms with van der Waals surface area (Å²) in [6.07, 6.45) is 0.862. The smallest absolute Gasteiger partial charge is 0.131 e. The van der Waals surface area contributed by atoms with Gasteiger partial charge in [-0.15, -0.1) is 11.8 Å². The molecule has 1 fully saturated rings. The molecule has 3 rings (SSSR count). The zero-order valence-electron chi connectivity index (χ0n) is 12.7. The number of rotatable bonds is 1. The number of hydrogen-bond acceptors (Lipinski definition) is 3. The topological polar surface area (TPSA) is 21.6 Å². The molecule has 21 heavy (non-hydrogen) atoms. The van der Waals surface area contributed by atoms with E-state index in [-0.39, 0.29) is 5.92 Å². The minimum Gasteiger partial charge on any atom is -0.379 e. The van der Waals surface area contributed by atoms with Gasteiger partial charge in [0.25, 0.3) is 0 Å². The summed E-state index contributed by atoms with van der Waals surface area (Å²) < 4.78 is 32.8. The second-order valence-corrected chi connectivity index (χ2v) is 6.24. The first-order valence-corrected chi connectivity index (χ1v) is 8.33. The highest BCUT2D eigenvalue weighted by molar-refractivity contribution is 8.13. The number of fused-ring (bicyclic) bond motifs is 1. The van der Waals surface area contributed by atoms with Crippen molar-refractivity contribution in [1.29, 1.82) is 0 Å². The highest BCUT2D eigenvalue weighted by Gasteiger charge is 2.46. The van der Waals surface area contributed by atoms with Gasteiger partial charge in [0, 0.05) is 29.9 Å². The molecular weight excluding hydrogens is 292 g/mol. The Bertz CT molecular complexity index is 535. The summed E-state index contributed by atoms with van der Waals surface area (Å²) in [4.78, 5) is 4.69. The molecule has 1 saturated heterocycles. The van der Waals surface area contributed by atoms with Gasteiger partial charge in [-0.2, -0.15) is 0 Å². The lowest BCUT2D eigenvalue weighted by molar-refractivity contribution is 0.00300. The Hall–Kier alpha value is -0.940. The molecule has 0 aromatic heterocycles. The fraction of sp³-hybridized carbons (Fsp3) is 0.562. The number of halogens is 2. The van der Waals surface area contributed by atoms with Crippen LogP contribution in [0.15, 0.2) is 23.2 Å². The van der Waals surface area contributed by atoms with Crippen molar-refractivity contribution >= 4 is 16.8 Å². The van der Waals surface area contributed by atoms with Crippen LogP contribution >= 0.6 is 11.8 Å². The molecule has 2 atom stereocenters. The molecule has 0 radical (unpaired) electrons. The van der Waals surface area contributed by atoms with Crippen molar-refractivity contribution in [2.45, 2.75) is 32.7 Å². The number of thioether (sulfide) groups is 1. The number of hydrogen-bond donors (Lipinski definition) is 0. The van der Waals surface area contributed by atoms with E-state index in [0.717, 1.165) is 23.3 Å². The zero-order chi connectivity index (χ0) is 15.5. The van der Waals surface area contributed by atoms with Gasteiger partial charge in [-0.05, 0) is 19.4 Å². The predicted octanol–water partition coefficient (Wildman–Crippen LogP) is 4.39. The SMILES string of the molecule is CC.CC1=NC2(c3ccc(F)cc3F)COCCC2CS1. The quantitative estimate of drug-likeness (QED) is 0.767. The molecule has 116 valence electrons. The van der Waals surface area contributed by atoms with Crippen LogP contribution in [0.1, 0.15) is 32.8 Å². The van der Waals surface area contributed by atoms with Gasteiger partial charge in [-0.3, -0.25) is 4.99 Å². The lowest BCUT2D eigenvalue weighted by Crippen LogP contribution is -2.46. The van der Waals surface area contributed by atoms with Crippen LogP contribution in [0.25, 0.3) is 0 Å². The number of nitrogens with zero attached hydrogens (tertiary/aromatic N) is 1. The molecule has 0 aliphatic carbocycles. The Balaban J connectivity index is 0.000000774. The van der Waals surface area contributed by atoms with Crippen molar-refractivity contribution < 1.29 is 13.5 Å². The molecule has 0 N–H and O–H groups in total. The average molecular weight is 313 g/mol. The van der Waals surface area contributed by atoms with Crippen molar-refractivity contribution in [3.05, 3.63) is 35.4 Å². The monoisotopic (exact) mass is 313 g/mol. The van der Waals surface area contributed by atoms with Gasteiger partial charge in [0.05, 0.1) is 11.7 Å². The maximum absolute atomic E-state index is 14.2. The van der Waals surface area contributed by atoms with Crippen LogP contribution in [0, 0.1) is 17.6 Å². The van der Waals surface area contributed by atoms with E-state index in [1.807, 2.05) is 20.8 Å². The summed E-state index contributed by atoms with van der Waals surface area (Å²) in [5.41, 5.74) is -0.219. The van der Waals surface area contributed by atoms with Crippen molar-refractivity contribution in [2.75, 3.05) is 19.0 Å².